The fraction of sp³-hybridized carbons (Fsp3) is 0.314. The van der Waals surface area contributed by atoms with E-state index < -0.39 is 12.1 Å². The number of benzene rings is 4. The van der Waals surface area contributed by atoms with Gasteiger partial charge >= 0.3 is 18.2 Å². The Labute approximate surface area is 256 Å². The molecule has 4 aromatic rings. The third-order valence-electron chi connectivity index (χ3n) is 7.75. The van der Waals surface area contributed by atoms with Crippen LogP contribution in [0.4, 0.5) is 23.7 Å². The summed E-state index contributed by atoms with van der Waals surface area (Å²) in [6, 6.07) is 35.4. The number of hydrogen-bond donors (Lipinski definition) is 2. The van der Waals surface area contributed by atoms with E-state index in [4.69, 9.17) is 9.90 Å². The fourth-order valence-corrected chi connectivity index (χ4v) is 5.43. The molecular formula is C35H38F3N3O3. The number of aliphatic carboxylic acids is 1. The number of carboxylic acids is 1. The van der Waals surface area contributed by atoms with Gasteiger partial charge in [0.1, 0.15) is 0 Å². The first-order chi connectivity index (χ1) is 21.2. The maximum atomic E-state index is 13.5. The summed E-state index contributed by atoms with van der Waals surface area (Å²) in [5, 5.41) is 12.5. The van der Waals surface area contributed by atoms with E-state index in [-0.39, 0.29) is 6.03 Å². The summed E-state index contributed by atoms with van der Waals surface area (Å²) in [5.41, 5.74) is 3.47. The van der Waals surface area contributed by atoms with Crippen LogP contribution in [0.1, 0.15) is 30.4 Å². The number of piperidine rings is 1. The topological polar surface area (TPSA) is 72.9 Å². The van der Waals surface area contributed by atoms with Crippen molar-refractivity contribution in [1.82, 2.24) is 9.80 Å². The minimum atomic E-state index is -5.08. The zero-order chi connectivity index (χ0) is 31.4. The van der Waals surface area contributed by atoms with Crippen molar-refractivity contribution >= 4 is 28.5 Å². The number of carbonyl (C=O) groups excluding carboxylic acids is 1. The molecule has 1 saturated heterocycles. The van der Waals surface area contributed by atoms with Crippen LogP contribution in [0, 0.1) is 5.92 Å². The van der Waals surface area contributed by atoms with Gasteiger partial charge in [0.15, 0.2) is 0 Å². The Hall–Kier alpha value is -4.37. The summed E-state index contributed by atoms with van der Waals surface area (Å²) in [6.45, 7) is 4.67. The Balaban J connectivity index is 0.000000566. The number of carboxylic acid groups (broad SMARTS) is 1. The van der Waals surface area contributed by atoms with E-state index >= 15 is 0 Å². The lowest BCUT2D eigenvalue weighted by molar-refractivity contribution is -0.192. The monoisotopic (exact) mass is 605 g/mol. The standard InChI is InChI=1S/C33H37N3O.C2HF3O2/c37-33(34-32-18-9-16-30-15-7-8-17-31(30)32)36(26-29-13-5-2-6-14-29)22-10-21-35-23-19-28(20-24-35)25-27-11-3-1-4-12-27;3-2(4,5)1(6)7/h1-9,11-18,28H,10,19-26H2,(H,34,37);(H,6,7). The van der Waals surface area contributed by atoms with Crippen molar-refractivity contribution in [3.63, 3.8) is 0 Å². The molecule has 44 heavy (non-hydrogen) atoms. The Morgan fingerprint density at radius 2 is 1.39 bits per heavy atom. The molecular weight excluding hydrogens is 567 g/mol. The summed E-state index contributed by atoms with van der Waals surface area (Å²) >= 11 is 0. The van der Waals surface area contributed by atoms with Gasteiger partial charge in [-0.2, -0.15) is 13.2 Å². The molecule has 232 valence electrons. The van der Waals surface area contributed by atoms with Crippen LogP contribution in [0.2, 0.25) is 0 Å². The molecule has 1 aliphatic heterocycles. The van der Waals surface area contributed by atoms with Gasteiger partial charge in [0.2, 0.25) is 0 Å². The average molecular weight is 606 g/mol. The second kappa shape index (κ2) is 15.9. The predicted octanol–water partition coefficient (Wildman–Crippen LogP) is 7.85. The Morgan fingerprint density at radius 3 is 2.02 bits per heavy atom. The van der Waals surface area contributed by atoms with Crippen LogP contribution in [-0.4, -0.2) is 59.3 Å². The maximum Gasteiger partial charge on any atom is 0.490 e. The molecule has 1 fully saturated rings. The normalized spacial score (nSPS) is 14.0. The SMILES string of the molecule is O=C(Nc1cccc2ccccc12)N(CCCN1CCC(Cc2ccccc2)CC1)Cc1ccccc1.O=C(O)C(F)(F)F. The van der Waals surface area contributed by atoms with Gasteiger partial charge in [-0.1, -0.05) is 97.1 Å². The molecule has 0 unspecified atom stereocenters. The molecule has 2 N–H and O–H groups in total. The zero-order valence-electron chi connectivity index (χ0n) is 24.5. The molecule has 0 saturated carbocycles. The van der Waals surface area contributed by atoms with Gasteiger partial charge in [0.05, 0.1) is 5.69 Å². The van der Waals surface area contributed by atoms with Crippen LogP contribution >= 0.6 is 0 Å². The van der Waals surface area contributed by atoms with Crippen molar-refractivity contribution in [2.45, 2.75) is 38.4 Å². The van der Waals surface area contributed by atoms with Crippen molar-refractivity contribution in [2.24, 2.45) is 5.92 Å². The molecule has 9 heteroatoms. The number of likely N-dealkylation sites (tertiary alicyclic amines) is 1. The molecule has 0 radical (unpaired) electrons. The number of halogens is 3. The lowest BCUT2D eigenvalue weighted by atomic mass is 9.90. The minimum absolute atomic E-state index is 0.0400. The smallest absolute Gasteiger partial charge is 0.475 e. The van der Waals surface area contributed by atoms with Gasteiger partial charge in [-0.05, 0) is 73.8 Å². The highest BCUT2D eigenvalue weighted by Gasteiger charge is 2.38. The van der Waals surface area contributed by atoms with Crippen LogP contribution < -0.4 is 5.32 Å². The van der Waals surface area contributed by atoms with Crippen molar-refractivity contribution in [2.75, 3.05) is 31.5 Å². The number of fused-ring (bicyclic) bond motifs is 1. The Morgan fingerprint density at radius 1 is 0.818 bits per heavy atom. The van der Waals surface area contributed by atoms with Crippen LogP contribution in [-0.2, 0) is 17.8 Å². The van der Waals surface area contributed by atoms with Crippen molar-refractivity contribution in [3.8, 4) is 0 Å². The largest absolute Gasteiger partial charge is 0.490 e. The number of carbonyl (C=O) groups is 2. The summed E-state index contributed by atoms with van der Waals surface area (Å²) < 4.78 is 31.7. The number of nitrogens with zero attached hydrogens (tertiary/aromatic N) is 2. The van der Waals surface area contributed by atoms with Crippen LogP contribution in [0.5, 0.6) is 0 Å². The van der Waals surface area contributed by atoms with E-state index in [1.165, 1.54) is 24.8 Å². The van der Waals surface area contributed by atoms with Crippen molar-refractivity contribution < 1.29 is 27.9 Å². The molecule has 6 nitrogen and oxygen atoms in total. The number of hydrogen-bond acceptors (Lipinski definition) is 3. The van der Waals surface area contributed by atoms with Gasteiger partial charge in [-0.3, -0.25) is 0 Å². The van der Waals surface area contributed by atoms with Crippen LogP contribution in [0.25, 0.3) is 10.8 Å². The summed E-state index contributed by atoms with van der Waals surface area (Å²) in [4.78, 5) is 26.9. The Kier molecular flexibility index (Phi) is 11.8. The highest BCUT2D eigenvalue weighted by molar-refractivity contribution is 6.01. The molecule has 1 aliphatic rings. The second-order valence-electron chi connectivity index (χ2n) is 11.0. The number of anilines is 1. The molecule has 1 heterocycles. The lowest BCUT2D eigenvalue weighted by Gasteiger charge is -2.32. The van der Waals surface area contributed by atoms with Crippen molar-refractivity contribution in [1.29, 1.82) is 0 Å². The van der Waals surface area contributed by atoms with Crippen molar-refractivity contribution in [3.05, 3.63) is 114 Å². The molecule has 0 aliphatic carbocycles. The average Bonchev–Trinajstić information content (AvgIpc) is 3.02. The van der Waals surface area contributed by atoms with Gasteiger partial charge in [0, 0.05) is 18.5 Å². The lowest BCUT2D eigenvalue weighted by Crippen LogP contribution is -2.39. The van der Waals surface area contributed by atoms with E-state index in [0.717, 1.165) is 60.5 Å². The minimum Gasteiger partial charge on any atom is -0.475 e. The third kappa shape index (κ3) is 10.1. The second-order valence-corrected chi connectivity index (χ2v) is 11.0. The first kappa shape index (κ1) is 32.5. The molecule has 0 atom stereocenters. The molecule has 0 bridgehead atoms. The van der Waals surface area contributed by atoms with Gasteiger partial charge in [-0.25, -0.2) is 9.59 Å². The first-order valence-electron chi connectivity index (χ1n) is 14.8. The number of rotatable bonds is 9. The maximum absolute atomic E-state index is 13.5. The van der Waals surface area contributed by atoms with Gasteiger partial charge in [0.25, 0.3) is 0 Å². The van der Waals surface area contributed by atoms with E-state index in [2.05, 4.69) is 70.9 Å². The number of alkyl halides is 3. The molecule has 2 amide bonds. The first-order valence-corrected chi connectivity index (χ1v) is 14.8. The molecule has 0 aromatic heterocycles. The number of urea groups is 1. The predicted molar refractivity (Wildman–Crippen MR) is 167 cm³/mol. The van der Waals surface area contributed by atoms with E-state index in [1.807, 2.05) is 47.4 Å². The summed E-state index contributed by atoms with van der Waals surface area (Å²) in [5.74, 6) is -1.98. The molecule has 5 rings (SSSR count). The highest BCUT2D eigenvalue weighted by Crippen LogP contribution is 2.24. The Bertz CT molecular complexity index is 1470. The third-order valence-corrected chi connectivity index (χ3v) is 7.75. The fourth-order valence-electron chi connectivity index (χ4n) is 5.43. The van der Waals surface area contributed by atoms with E-state index in [9.17, 15) is 18.0 Å². The molecule has 0 spiro atoms. The van der Waals surface area contributed by atoms with Gasteiger partial charge < -0.3 is 20.2 Å². The van der Waals surface area contributed by atoms with Gasteiger partial charge in [-0.15, -0.1) is 0 Å². The van der Waals surface area contributed by atoms with E-state index in [1.54, 1.807) is 0 Å². The number of nitrogens with one attached hydrogen (secondary N) is 1. The number of amides is 2. The zero-order valence-corrected chi connectivity index (χ0v) is 24.5. The quantitative estimate of drug-likeness (QED) is 0.204. The molecule has 4 aromatic carbocycles. The van der Waals surface area contributed by atoms with Crippen LogP contribution in [0.3, 0.4) is 0 Å². The highest BCUT2D eigenvalue weighted by atomic mass is 19.4. The summed E-state index contributed by atoms with van der Waals surface area (Å²) in [6.07, 6.45) is -0.415. The van der Waals surface area contributed by atoms with Crippen LogP contribution in [0.15, 0.2) is 103 Å². The summed E-state index contributed by atoms with van der Waals surface area (Å²) in [7, 11) is 0. The van der Waals surface area contributed by atoms with E-state index in [0.29, 0.717) is 6.54 Å².